The van der Waals surface area contributed by atoms with Crippen LogP contribution in [-0.2, 0) is 6.42 Å². The van der Waals surface area contributed by atoms with Gasteiger partial charge >= 0.3 is 6.36 Å². The summed E-state index contributed by atoms with van der Waals surface area (Å²) in [6, 6.07) is 8.65. The number of benzene rings is 2. The van der Waals surface area contributed by atoms with E-state index < -0.39 is 6.36 Å². The number of carbonyl (C=O) groups is 1. The zero-order valence-electron chi connectivity index (χ0n) is 15.3. The van der Waals surface area contributed by atoms with E-state index in [9.17, 15) is 18.0 Å². The summed E-state index contributed by atoms with van der Waals surface area (Å²) in [6.45, 7) is 1.81. The first-order valence-corrected chi connectivity index (χ1v) is 9.18. The number of hydrogen-bond acceptors (Lipinski definition) is 5. The SMILES string of the molecule is O=C(/C=C1\NCCc2cc3c(cc21)OCCCO3)c1ccc(OC(F)(F)F)cc1. The highest BCUT2D eigenvalue weighted by molar-refractivity contribution is 6.08. The van der Waals surface area contributed by atoms with Crippen LogP contribution in [0.25, 0.3) is 5.70 Å². The van der Waals surface area contributed by atoms with E-state index in [1.54, 1.807) is 0 Å². The van der Waals surface area contributed by atoms with E-state index in [-0.39, 0.29) is 17.1 Å². The van der Waals surface area contributed by atoms with Crippen LogP contribution in [0.2, 0.25) is 0 Å². The lowest BCUT2D eigenvalue weighted by Gasteiger charge is -2.23. The summed E-state index contributed by atoms with van der Waals surface area (Å²) < 4.78 is 52.1. The molecule has 0 bridgehead atoms. The third-order valence-corrected chi connectivity index (χ3v) is 4.62. The molecule has 2 aromatic rings. The van der Waals surface area contributed by atoms with Crippen molar-refractivity contribution < 1.29 is 32.2 Å². The van der Waals surface area contributed by atoms with Gasteiger partial charge < -0.3 is 19.5 Å². The summed E-state index contributed by atoms with van der Waals surface area (Å²) in [5.41, 5.74) is 2.80. The molecule has 0 aromatic heterocycles. The molecule has 0 aliphatic carbocycles. The van der Waals surface area contributed by atoms with E-state index in [0.29, 0.717) is 37.0 Å². The maximum atomic E-state index is 12.6. The predicted molar refractivity (Wildman–Crippen MR) is 99.2 cm³/mol. The maximum Gasteiger partial charge on any atom is 0.573 e. The average Bonchev–Trinajstić information content (AvgIpc) is 2.91. The molecule has 2 aliphatic heterocycles. The van der Waals surface area contributed by atoms with Gasteiger partial charge in [-0.1, -0.05) is 0 Å². The van der Waals surface area contributed by atoms with Crippen LogP contribution in [0.4, 0.5) is 13.2 Å². The van der Waals surface area contributed by atoms with Gasteiger partial charge in [0.15, 0.2) is 17.3 Å². The Morgan fingerprint density at radius 1 is 1.07 bits per heavy atom. The number of halogens is 3. The number of ketones is 1. The smallest absolute Gasteiger partial charge is 0.490 e. The Kier molecular flexibility index (Phi) is 5.08. The highest BCUT2D eigenvalue weighted by Crippen LogP contribution is 2.36. The molecule has 0 amide bonds. The standard InChI is InChI=1S/C21H18F3NO4/c22-21(23,24)29-15-4-2-13(3-5-15)18(26)12-17-16-11-20-19(27-8-1-9-28-20)10-14(16)6-7-25-17/h2-5,10-12,25H,1,6-9H2/b17-12-. The van der Waals surface area contributed by atoms with Crippen molar-refractivity contribution in [3.63, 3.8) is 0 Å². The van der Waals surface area contributed by atoms with Crippen LogP contribution in [0.1, 0.15) is 27.9 Å². The lowest BCUT2D eigenvalue weighted by atomic mass is 9.95. The topological polar surface area (TPSA) is 56.8 Å². The van der Waals surface area contributed by atoms with E-state index in [0.717, 1.165) is 36.1 Å². The minimum absolute atomic E-state index is 0.260. The first kappa shape index (κ1) is 19.2. The van der Waals surface area contributed by atoms with Crippen LogP contribution in [0, 0.1) is 0 Å². The Balaban J connectivity index is 1.59. The summed E-state index contributed by atoms with van der Waals surface area (Å²) in [6.07, 6.45) is -1.75. The highest BCUT2D eigenvalue weighted by Gasteiger charge is 2.31. The highest BCUT2D eigenvalue weighted by atomic mass is 19.4. The van der Waals surface area contributed by atoms with E-state index in [2.05, 4.69) is 10.1 Å². The van der Waals surface area contributed by atoms with Gasteiger partial charge in [-0.3, -0.25) is 4.79 Å². The number of alkyl halides is 3. The Morgan fingerprint density at radius 3 is 2.45 bits per heavy atom. The molecule has 29 heavy (non-hydrogen) atoms. The van der Waals surface area contributed by atoms with Crippen molar-refractivity contribution in [1.82, 2.24) is 5.32 Å². The van der Waals surface area contributed by atoms with Crippen molar-refractivity contribution in [2.24, 2.45) is 0 Å². The summed E-state index contributed by atoms with van der Waals surface area (Å²) in [7, 11) is 0. The molecule has 0 spiro atoms. The van der Waals surface area contributed by atoms with E-state index in [1.807, 2.05) is 12.1 Å². The Hall–Kier alpha value is -3.16. The van der Waals surface area contributed by atoms with Crippen molar-refractivity contribution in [3.8, 4) is 17.2 Å². The molecule has 8 heteroatoms. The van der Waals surface area contributed by atoms with Crippen LogP contribution in [0.3, 0.4) is 0 Å². The zero-order chi connectivity index (χ0) is 20.4. The van der Waals surface area contributed by atoms with E-state index in [1.165, 1.54) is 18.2 Å². The summed E-state index contributed by atoms with van der Waals surface area (Å²) in [5.74, 6) is 0.639. The second-order valence-electron chi connectivity index (χ2n) is 6.68. The van der Waals surface area contributed by atoms with Crippen molar-refractivity contribution in [1.29, 1.82) is 0 Å². The number of nitrogens with one attached hydrogen (secondary N) is 1. The minimum Gasteiger partial charge on any atom is -0.490 e. The van der Waals surface area contributed by atoms with Gasteiger partial charge in [0.05, 0.1) is 13.2 Å². The molecule has 0 unspecified atom stereocenters. The molecule has 0 fully saturated rings. The Morgan fingerprint density at radius 2 is 1.76 bits per heavy atom. The fourth-order valence-electron chi connectivity index (χ4n) is 3.30. The summed E-state index contributed by atoms with van der Waals surface area (Å²) in [5, 5.41) is 3.21. The van der Waals surface area contributed by atoms with Gasteiger partial charge in [0.25, 0.3) is 0 Å². The minimum atomic E-state index is -4.77. The van der Waals surface area contributed by atoms with Crippen LogP contribution in [0.5, 0.6) is 17.2 Å². The van der Waals surface area contributed by atoms with Crippen LogP contribution in [-0.4, -0.2) is 31.9 Å². The third-order valence-electron chi connectivity index (χ3n) is 4.62. The second kappa shape index (κ2) is 7.69. The van der Waals surface area contributed by atoms with E-state index in [4.69, 9.17) is 9.47 Å². The van der Waals surface area contributed by atoms with Crippen molar-refractivity contribution in [2.45, 2.75) is 19.2 Å². The molecule has 0 atom stereocenters. The molecule has 2 aromatic carbocycles. The maximum absolute atomic E-state index is 12.6. The Labute approximate surface area is 165 Å². The van der Waals surface area contributed by atoms with Crippen LogP contribution in [0.15, 0.2) is 42.5 Å². The number of fused-ring (bicyclic) bond motifs is 2. The van der Waals surface area contributed by atoms with Gasteiger partial charge in [-0.05, 0) is 48.4 Å². The first-order chi connectivity index (χ1) is 13.9. The number of carbonyl (C=O) groups excluding carboxylic acids is 1. The van der Waals surface area contributed by atoms with Crippen LogP contribution < -0.4 is 19.5 Å². The fraction of sp³-hybridized carbons (Fsp3) is 0.286. The molecule has 152 valence electrons. The van der Waals surface area contributed by atoms with Gasteiger partial charge in [0, 0.05) is 35.9 Å². The number of rotatable bonds is 3. The van der Waals surface area contributed by atoms with Gasteiger partial charge in [0.2, 0.25) is 0 Å². The molecule has 0 saturated carbocycles. The molecule has 0 saturated heterocycles. The third kappa shape index (κ3) is 4.47. The quantitative estimate of drug-likeness (QED) is 0.615. The van der Waals surface area contributed by atoms with E-state index >= 15 is 0 Å². The van der Waals surface area contributed by atoms with Crippen LogP contribution >= 0.6 is 0 Å². The van der Waals surface area contributed by atoms with Gasteiger partial charge in [-0.15, -0.1) is 13.2 Å². The monoisotopic (exact) mass is 405 g/mol. The molecule has 4 rings (SSSR count). The second-order valence-corrected chi connectivity index (χ2v) is 6.68. The fourth-order valence-corrected chi connectivity index (χ4v) is 3.30. The zero-order valence-corrected chi connectivity index (χ0v) is 15.3. The summed E-state index contributed by atoms with van der Waals surface area (Å²) in [4.78, 5) is 12.6. The number of allylic oxidation sites excluding steroid dienone is 1. The van der Waals surface area contributed by atoms with Gasteiger partial charge in [-0.2, -0.15) is 0 Å². The predicted octanol–water partition coefficient (Wildman–Crippen LogP) is 4.12. The van der Waals surface area contributed by atoms with Gasteiger partial charge in [-0.25, -0.2) is 0 Å². The molecule has 0 radical (unpaired) electrons. The normalized spacial score (nSPS) is 17.1. The summed E-state index contributed by atoms with van der Waals surface area (Å²) >= 11 is 0. The number of ether oxygens (including phenoxy) is 3. The van der Waals surface area contributed by atoms with Gasteiger partial charge in [0.1, 0.15) is 5.75 Å². The molecular formula is C21H18F3NO4. The molecule has 2 aliphatic rings. The molecular weight excluding hydrogens is 387 g/mol. The Bertz CT molecular complexity index is 952. The number of hydrogen-bond donors (Lipinski definition) is 1. The lowest BCUT2D eigenvalue weighted by molar-refractivity contribution is -0.274. The molecule has 2 heterocycles. The lowest BCUT2D eigenvalue weighted by Crippen LogP contribution is -2.23. The van der Waals surface area contributed by atoms with Crippen molar-refractivity contribution >= 4 is 11.5 Å². The molecule has 1 N–H and O–H groups in total. The average molecular weight is 405 g/mol. The van der Waals surface area contributed by atoms with Crippen molar-refractivity contribution in [2.75, 3.05) is 19.8 Å². The largest absolute Gasteiger partial charge is 0.573 e. The first-order valence-electron chi connectivity index (χ1n) is 9.18. The van der Waals surface area contributed by atoms with Crippen molar-refractivity contribution in [3.05, 3.63) is 59.2 Å². The molecule has 5 nitrogen and oxygen atoms in total.